The van der Waals surface area contributed by atoms with E-state index < -0.39 is 0 Å². The maximum atomic E-state index is 5.93. The first-order chi connectivity index (χ1) is 8.32. The van der Waals surface area contributed by atoms with Crippen molar-refractivity contribution >= 4 is 23.2 Å². The van der Waals surface area contributed by atoms with Gasteiger partial charge >= 0.3 is 0 Å². The molecular weight excluding hydrogens is 269 g/mol. The number of nitrogens with one attached hydrogen (secondary N) is 1. The predicted octanol–water partition coefficient (Wildman–Crippen LogP) is 4.54. The van der Waals surface area contributed by atoms with Crippen LogP contribution in [0, 0.1) is 0 Å². The molecule has 0 bridgehead atoms. The molecule has 0 aliphatic carbocycles. The maximum Gasteiger partial charge on any atom is 0.122 e. The van der Waals surface area contributed by atoms with Crippen molar-refractivity contribution in [3.05, 3.63) is 28.2 Å². The minimum Gasteiger partial charge on any atom is -0.489 e. The van der Waals surface area contributed by atoms with E-state index >= 15 is 0 Å². The van der Waals surface area contributed by atoms with Gasteiger partial charge in [0.15, 0.2) is 0 Å². The van der Waals surface area contributed by atoms with Crippen LogP contribution in [0.15, 0.2) is 18.2 Å². The van der Waals surface area contributed by atoms with Crippen LogP contribution in [0.1, 0.15) is 34.1 Å². The lowest BCUT2D eigenvalue weighted by atomic mass is 10.0. The molecule has 1 atom stereocenters. The van der Waals surface area contributed by atoms with Crippen molar-refractivity contribution in [1.82, 2.24) is 5.32 Å². The van der Waals surface area contributed by atoms with Gasteiger partial charge in [0.2, 0.25) is 0 Å². The number of rotatable bonds is 6. The molecule has 0 saturated carbocycles. The number of benzene rings is 1. The van der Waals surface area contributed by atoms with E-state index in [9.17, 15) is 0 Å². The smallest absolute Gasteiger partial charge is 0.122 e. The molecule has 0 aliphatic heterocycles. The van der Waals surface area contributed by atoms with Gasteiger partial charge in [0.25, 0.3) is 0 Å². The fourth-order valence-electron chi connectivity index (χ4n) is 1.42. The molecular formula is C14H21Cl2NO. The Kier molecular flexibility index (Phi) is 5.77. The van der Waals surface area contributed by atoms with Gasteiger partial charge in [-0.2, -0.15) is 0 Å². The van der Waals surface area contributed by atoms with E-state index in [0.717, 1.165) is 13.0 Å². The zero-order chi connectivity index (χ0) is 13.8. The minimum absolute atomic E-state index is 0.0605. The number of hydrogen-bond donors (Lipinski definition) is 1. The van der Waals surface area contributed by atoms with Crippen LogP contribution in [0.25, 0.3) is 0 Å². The summed E-state index contributed by atoms with van der Waals surface area (Å²) in [6, 6.07) is 5.24. The van der Waals surface area contributed by atoms with Gasteiger partial charge in [-0.05, 0) is 45.4 Å². The molecule has 1 rings (SSSR count). The second-order valence-electron chi connectivity index (χ2n) is 5.15. The van der Waals surface area contributed by atoms with E-state index in [4.69, 9.17) is 27.9 Å². The van der Waals surface area contributed by atoms with Crippen LogP contribution in [-0.2, 0) is 0 Å². The topological polar surface area (TPSA) is 21.3 Å². The highest BCUT2D eigenvalue weighted by Gasteiger charge is 2.15. The highest BCUT2D eigenvalue weighted by molar-refractivity contribution is 6.34. The fourth-order valence-corrected chi connectivity index (χ4v) is 1.92. The second kappa shape index (κ2) is 6.65. The van der Waals surface area contributed by atoms with E-state index in [1.807, 2.05) is 6.92 Å². The quantitative estimate of drug-likeness (QED) is 0.830. The van der Waals surface area contributed by atoms with Crippen LogP contribution in [0.4, 0.5) is 0 Å². The summed E-state index contributed by atoms with van der Waals surface area (Å²) in [5, 5.41) is 4.65. The van der Waals surface area contributed by atoms with E-state index in [-0.39, 0.29) is 11.6 Å². The van der Waals surface area contributed by atoms with Gasteiger partial charge in [0.1, 0.15) is 11.9 Å². The van der Waals surface area contributed by atoms with Crippen LogP contribution >= 0.6 is 23.2 Å². The zero-order valence-corrected chi connectivity index (χ0v) is 12.9. The Morgan fingerprint density at radius 2 is 1.78 bits per heavy atom. The normalized spacial score (nSPS) is 13.4. The molecule has 0 saturated heterocycles. The lowest BCUT2D eigenvalue weighted by Crippen LogP contribution is -2.43. The summed E-state index contributed by atoms with van der Waals surface area (Å²) in [5.74, 6) is 0.705. The highest BCUT2D eigenvalue weighted by atomic mass is 35.5. The van der Waals surface area contributed by atoms with Crippen molar-refractivity contribution < 1.29 is 4.74 Å². The summed E-state index contributed by atoms with van der Waals surface area (Å²) >= 11 is 11.9. The standard InChI is InChI=1S/C14H21Cl2NO/c1-5-14(3,4)17-9-10(2)18-13-7-11(15)6-12(16)8-13/h6-8,10,17H,5,9H2,1-4H3. The van der Waals surface area contributed by atoms with E-state index in [1.54, 1.807) is 18.2 Å². The molecule has 1 aromatic rings. The van der Waals surface area contributed by atoms with Gasteiger partial charge in [-0.15, -0.1) is 0 Å². The van der Waals surface area contributed by atoms with Crippen molar-refractivity contribution in [2.75, 3.05) is 6.54 Å². The van der Waals surface area contributed by atoms with Crippen LogP contribution in [-0.4, -0.2) is 18.2 Å². The van der Waals surface area contributed by atoms with E-state index in [2.05, 4.69) is 26.1 Å². The maximum absolute atomic E-state index is 5.93. The van der Waals surface area contributed by atoms with Crippen molar-refractivity contribution in [2.45, 2.75) is 45.8 Å². The van der Waals surface area contributed by atoms with Gasteiger partial charge in [-0.3, -0.25) is 0 Å². The fraction of sp³-hybridized carbons (Fsp3) is 0.571. The number of halogens is 2. The molecule has 0 radical (unpaired) electrons. The largest absolute Gasteiger partial charge is 0.489 e. The summed E-state index contributed by atoms with van der Waals surface area (Å²) in [5.41, 5.74) is 0.129. The summed E-state index contributed by atoms with van der Waals surface area (Å²) < 4.78 is 5.78. The Balaban J connectivity index is 2.51. The van der Waals surface area contributed by atoms with E-state index in [1.165, 1.54) is 0 Å². The first-order valence-electron chi connectivity index (χ1n) is 6.20. The van der Waals surface area contributed by atoms with Crippen molar-refractivity contribution in [3.63, 3.8) is 0 Å². The molecule has 1 N–H and O–H groups in total. The molecule has 0 spiro atoms. The van der Waals surface area contributed by atoms with Gasteiger partial charge < -0.3 is 10.1 Å². The zero-order valence-electron chi connectivity index (χ0n) is 11.4. The predicted molar refractivity (Wildman–Crippen MR) is 78.9 cm³/mol. The number of hydrogen-bond acceptors (Lipinski definition) is 2. The molecule has 1 aromatic carbocycles. The van der Waals surface area contributed by atoms with Crippen molar-refractivity contribution in [3.8, 4) is 5.75 Å². The average molecular weight is 290 g/mol. The Morgan fingerprint density at radius 1 is 1.22 bits per heavy atom. The van der Waals surface area contributed by atoms with Crippen molar-refractivity contribution in [2.24, 2.45) is 0 Å². The minimum atomic E-state index is 0.0605. The van der Waals surface area contributed by atoms with Gasteiger partial charge in [-0.1, -0.05) is 30.1 Å². The summed E-state index contributed by atoms with van der Waals surface area (Å²) in [6.07, 6.45) is 1.13. The third-order valence-electron chi connectivity index (χ3n) is 2.93. The lowest BCUT2D eigenvalue weighted by molar-refractivity contribution is 0.199. The Morgan fingerprint density at radius 3 is 2.28 bits per heavy atom. The molecule has 0 fully saturated rings. The molecule has 1 unspecified atom stereocenters. The first-order valence-corrected chi connectivity index (χ1v) is 6.96. The average Bonchev–Trinajstić information content (AvgIpc) is 2.25. The second-order valence-corrected chi connectivity index (χ2v) is 6.02. The first kappa shape index (κ1) is 15.6. The molecule has 4 heteroatoms. The molecule has 2 nitrogen and oxygen atoms in total. The SMILES string of the molecule is CCC(C)(C)NCC(C)Oc1cc(Cl)cc(Cl)c1. The van der Waals surface area contributed by atoms with Gasteiger partial charge in [-0.25, -0.2) is 0 Å². The van der Waals surface area contributed by atoms with Crippen LogP contribution in [0.3, 0.4) is 0 Å². The summed E-state index contributed by atoms with van der Waals surface area (Å²) in [6.45, 7) is 9.32. The van der Waals surface area contributed by atoms with Gasteiger partial charge in [0.05, 0.1) is 0 Å². The molecule has 0 heterocycles. The third-order valence-corrected chi connectivity index (χ3v) is 3.36. The highest BCUT2D eigenvalue weighted by Crippen LogP contribution is 2.24. The molecule has 18 heavy (non-hydrogen) atoms. The Labute approximate surface area is 120 Å². The van der Waals surface area contributed by atoms with Gasteiger partial charge in [0, 0.05) is 22.1 Å². The van der Waals surface area contributed by atoms with Crippen LogP contribution in [0.2, 0.25) is 10.0 Å². The third kappa shape index (κ3) is 5.47. The van der Waals surface area contributed by atoms with Crippen molar-refractivity contribution in [1.29, 1.82) is 0 Å². The Bertz CT molecular complexity index is 373. The number of ether oxygens (including phenoxy) is 1. The Hall–Kier alpha value is -0.440. The molecule has 0 amide bonds. The van der Waals surface area contributed by atoms with Crippen LogP contribution in [0.5, 0.6) is 5.75 Å². The molecule has 0 aromatic heterocycles. The monoisotopic (exact) mass is 289 g/mol. The summed E-state index contributed by atoms with van der Waals surface area (Å²) in [4.78, 5) is 0. The summed E-state index contributed by atoms with van der Waals surface area (Å²) in [7, 11) is 0. The van der Waals surface area contributed by atoms with E-state index in [0.29, 0.717) is 15.8 Å². The molecule has 0 aliphatic rings. The molecule has 102 valence electrons. The van der Waals surface area contributed by atoms with Crippen LogP contribution < -0.4 is 10.1 Å². The lowest BCUT2D eigenvalue weighted by Gasteiger charge is -2.27.